The summed E-state index contributed by atoms with van der Waals surface area (Å²) in [4.78, 5) is 22.1. The molecule has 0 aliphatic carbocycles. The summed E-state index contributed by atoms with van der Waals surface area (Å²) in [6.45, 7) is 1.79. The number of anilines is 2. The molecule has 0 fully saturated rings. The molecule has 1 aromatic carbocycles. The van der Waals surface area contributed by atoms with Gasteiger partial charge < -0.3 is 15.5 Å². The Morgan fingerprint density at radius 2 is 2.09 bits per heavy atom. The average Bonchev–Trinajstić information content (AvgIpc) is 2.50. The van der Waals surface area contributed by atoms with Crippen molar-refractivity contribution in [3.63, 3.8) is 0 Å². The summed E-state index contributed by atoms with van der Waals surface area (Å²) in [6, 6.07) is 5.87. The van der Waals surface area contributed by atoms with E-state index < -0.39 is 6.03 Å². The third-order valence-corrected chi connectivity index (χ3v) is 3.07. The van der Waals surface area contributed by atoms with Crippen LogP contribution in [0.3, 0.4) is 0 Å². The smallest absolute Gasteiger partial charge is 0.319 e. The van der Waals surface area contributed by atoms with E-state index in [9.17, 15) is 9.18 Å². The number of benzene rings is 1. The maximum absolute atomic E-state index is 13.4. The zero-order valence-electron chi connectivity index (χ0n) is 12.7. The topological polar surface area (TPSA) is 70.2 Å². The molecule has 0 saturated heterocycles. The zero-order chi connectivity index (χ0) is 16.1. The lowest BCUT2D eigenvalue weighted by molar-refractivity contribution is 0.251. The van der Waals surface area contributed by atoms with Crippen LogP contribution in [-0.2, 0) is 6.54 Å². The molecule has 1 heterocycles. The molecule has 6 nitrogen and oxygen atoms in total. The van der Waals surface area contributed by atoms with Crippen LogP contribution in [0.5, 0.6) is 0 Å². The van der Waals surface area contributed by atoms with E-state index in [1.807, 2.05) is 19.0 Å². The molecule has 2 rings (SSSR count). The molecule has 0 saturated carbocycles. The normalized spacial score (nSPS) is 10.2. The predicted octanol–water partition coefficient (Wildman–Crippen LogP) is 2.31. The number of carbonyl (C=O) groups is 1. The van der Waals surface area contributed by atoms with Gasteiger partial charge in [-0.15, -0.1) is 0 Å². The summed E-state index contributed by atoms with van der Waals surface area (Å²) in [6.07, 6.45) is 1.63. The summed E-state index contributed by atoms with van der Waals surface area (Å²) >= 11 is 0. The number of nitrogens with zero attached hydrogens (tertiary/aromatic N) is 3. The molecule has 2 aromatic rings. The van der Waals surface area contributed by atoms with Crippen LogP contribution >= 0.6 is 0 Å². The number of nitrogens with one attached hydrogen (secondary N) is 2. The van der Waals surface area contributed by atoms with Crippen molar-refractivity contribution in [2.45, 2.75) is 13.5 Å². The quantitative estimate of drug-likeness (QED) is 0.909. The van der Waals surface area contributed by atoms with Gasteiger partial charge in [0.15, 0.2) is 0 Å². The Labute approximate surface area is 128 Å². The fourth-order valence-electron chi connectivity index (χ4n) is 1.79. The summed E-state index contributed by atoms with van der Waals surface area (Å²) in [5.74, 6) is 0.894. The van der Waals surface area contributed by atoms with Gasteiger partial charge in [0, 0.05) is 31.5 Å². The van der Waals surface area contributed by atoms with Crippen molar-refractivity contribution in [2.75, 3.05) is 24.3 Å². The number of aromatic nitrogens is 2. The molecule has 0 bridgehead atoms. The Morgan fingerprint density at radius 1 is 1.32 bits per heavy atom. The van der Waals surface area contributed by atoms with Crippen LogP contribution in [0.2, 0.25) is 0 Å². The number of hydrogen-bond acceptors (Lipinski definition) is 4. The highest BCUT2D eigenvalue weighted by Gasteiger charge is 2.08. The minimum Gasteiger partial charge on any atom is -0.363 e. The van der Waals surface area contributed by atoms with Crippen molar-refractivity contribution >= 4 is 17.5 Å². The molecule has 0 radical (unpaired) electrons. The molecule has 116 valence electrons. The number of rotatable bonds is 4. The Hall–Kier alpha value is -2.70. The second kappa shape index (κ2) is 6.84. The number of urea groups is 1. The predicted molar refractivity (Wildman–Crippen MR) is 83.4 cm³/mol. The van der Waals surface area contributed by atoms with Crippen LogP contribution in [0.15, 0.2) is 30.5 Å². The van der Waals surface area contributed by atoms with Gasteiger partial charge >= 0.3 is 6.03 Å². The summed E-state index contributed by atoms with van der Waals surface area (Å²) < 4.78 is 13.4. The van der Waals surface area contributed by atoms with Gasteiger partial charge in [-0.3, -0.25) is 0 Å². The fourth-order valence-corrected chi connectivity index (χ4v) is 1.79. The van der Waals surface area contributed by atoms with Gasteiger partial charge in [0.1, 0.15) is 17.5 Å². The second-order valence-electron chi connectivity index (χ2n) is 4.95. The molecule has 0 aliphatic rings. The largest absolute Gasteiger partial charge is 0.363 e. The number of hydrogen-bond donors (Lipinski definition) is 2. The zero-order valence-corrected chi connectivity index (χ0v) is 12.7. The minimum atomic E-state index is -0.437. The maximum atomic E-state index is 13.4. The fraction of sp³-hybridized carbons (Fsp3) is 0.267. The Kier molecular flexibility index (Phi) is 4.88. The first-order chi connectivity index (χ1) is 10.5. The molecule has 2 N–H and O–H groups in total. The Balaban J connectivity index is 1.96. The lowest BCUT2D eigenvalue weighted by Crippen LogP contribution is -2.29. The molecular weight excluding hydrogens is 285 g/mol. The monoisotopic (exact) mass is 303 g/mol. The van der Waals surface area contributed by atoms with Crippen LogP contribution in [0.4, 0.5) is 20.7 Å². The molecule has 0 aliphatic heterocycles. The second-order valence-corrected chi connectivity index (χ2v) is 4.95. The van der Waals surface area contributed by atoms with E-state index in [-0.39, 0.29) is 12.4 Å². The third-order valence-electron chi connectivity index (χ3n) is 3.07. The molecule has 2 amide bonds. The van der Waals surface area contributed by atoms with Crippen LogP contribution in [0, 0.1) is 12.7 Å². The highest BCUT2D eigenvalue weighted by Crippen LogP contribution is 2.17. The van der Waals surface area contributed by atoms with E-state index in [1.165, 1.54) is 6.07 Å². The maximum Gasteiger partial charge on any atom is 0.319 e. The van der Waals surface area contributed by atoms with Gasteiger partial charge in [0.2, 0.25) is 0 Å². The minimum absolute atomic E-state index is 0.182. The van der Waals surface area contributed by atoms with Crippen molar-refractivity contribution in [1.82, 2.24) is 15.3 Å². The number of halogens is 1. The van der Waals surface area contributed by atoms with Crippen LogP contribution in [0.25, 0.3) is 0 Å². The highest BCUT2D eigenvalue weighted by atomic mass is 19.1. The lowest BCUT2D eigenvalue weighted by atomic mass is 10.2. The van der Waals surface area contributed by atoms with Gasteiger partial charge in [-0.2, -0.15) is 0 Å². The molecule has 7 heteroatoms. The van der Waals surface area contributed by atoms with Crippen molar-refractivity contribution in [1.29, 1.82) is 0 Å². The van der Waals surface area contributed by atoms with E-state index >= 15 is 0 Å². The van der Waals surface area contributed by atoms with E-state index in [4.69, 9.17) is 0 Å². The first kappa shape index (κ1) is 15.7. The standard InChI is InChI=1S/C15H18FN5O/c1-10-11(16)5-4-6-12(10)19-15(22)18-9-13-17-8-7-14(20-13)21(2)3/h4-8H,9H2,1-3H3,(H2,18,19,22). The van der Waals surface area contributed by atoms with Gasteiger partial charge in [0.25, 0.3) is 0 Å². The first-order valence-electron chi connectivity index (χ1n) is 6.76. The van der Waals surface area contributed by atoms with Crippen LogP contribution < -0.4 is 15.5 Å². The van der Waals surface area contributed by atoms with E-state index in [1.54, 1.807) is 31.3 Å². The highest BCUT2D eigenvalue weighted by molar-refractivity contribution is 5.89. The number of amides is 2. The molecule has 0 atom stereocenters. The van der Waals surface area contributed by atoms with E-state index in [0.29, 0.717) is 17.1 Å². The van der Waals surface area contributed by atoms with E-state index in [0.717, 1.165) is 5.82 Å². The molecule has 1 aromatic heterocycles. The lowest BCUT2D eigenvalue weighted by Gasteiger charge is -2.12. The summed E-state index contributed by atoms with van der Waals surface area (Å²) in [7, 11) is 3.75. The third kappa shape index (κ3) is 3.91. The van der Waals surface area contributed by atoms with Crippen LogP contribution in [0.1, 0.15) is 11.4 Å². The Bertz CT molecular complexity index is 675. The van der Waals surface area contributed by atoms with Gasteiger partial charge in [-0.05, 0) is 25.1 Å². The SMILES string of the molecule is Cc1c(F)cccc1NC(=O)NCc1nccc(N(C)C)n1. The van der Waals surface area contributed by atoms with Gasteiger partial charge in [-0.25, -0.2) is 19.2 Å². The summed E-state index contributed by atoms with van der Waals surface area (Å²) in [5.41, 5.74) is 0.823. The number of carbonyl (C=O) groups excluding carboxylic acids is 1. The van der Waals surface area contributed by atoms with Crippen LogP contribution in [-0.4, -0.2) is 30.1 Å². The molecule has 22 heavy (non-hydrogen) atoms. The molecular formula is C15H18FN5O. The van der Waals surface area contributed by atoms with Crippen molar-refractivity contribution < 1.29 is 9.18 Å². The van der Waals surface area contributed by atoms with Crippen molar-refractivity contribution in [3.8, 4) is 0 Å². The van der Waals surface area contributed by atoms with Crippen molar-refractivity contribution in [2.24, 2.45) is 0 Å². The van der Waals surface area contributed by atoms with E-state index in [2.05, 4.69) is 20.6 Å². The van der Waals surface area contributed by atoms with Crippen molar-refractivity contribution in [3.05, 3.63) is 47.7 Å². The first-order valence-corrected chi connectivity index (χ1v) is 6.76. The van der Waals surface area contributed by atoms with Gasteiger partial charge in [-0.1, -0.05) is 6.07 Å². The molecule has 0 spiro atoms. The summed E-state index contributed by atoms with van der Waals surface area (Å²) in [5, 5.41) is 5.25. The molecule has 0 unspecified atom stereocenters. The Morgan fingerprint density at radius 3 is 2.82 bits per heavy atom. The average molecular weight is 303 g/mol. The van der Waals surface area contributed by atoms with Gasteiger partial charge in [0.05, 0.1) is 6.54 Å².